The quantitative estimate of drug-likeness (QED) is 0.687. The van der Waals surface area contributed by atoms with Gasteiger partial charge in [0.15, 0.2) is 5.79 Å². The van der Waals surface area contributed by atoms with Crippen LogP contribution in [0.4, 0.5) is 10.5 Å². The van der Waals surface area contributed by atoms with Gasteiger partial charge in [-0.15, -0.1) is 0 Å². The molecule has 1 saturated heterocycles. The predicted octanol–water partition coefficient (Wildman–Crippen LogP) is 4.85. The number of carbonyl (C=O) groups is 1. The first-order valence-electron chi connectivity index (χ1n) is 9.44. The van der Waals surface area contributed by atoms with Gasteiger partial charge in [0.1, 0.15) is 6.10 Å². The van der Waals surface area contributed by atoms with Crippen molar-refractivity contribution in [2.75, 3.05) is 11.9 Å². The zero-order chi connectivity index (χ0) is 19.6. The number of ether oxygens (including phenoxy) is 2. The van der Waals surface area contributed by atoms with E-state index in [0.29, 0.717) is 6.61 Å². The highest BCUT2D eigenvalue weighted by atomic mass is 16.7. The third-order valence-corrected chi connectivity index (χ3v) is 4.87. The first-order valence-corrected chi connectivity index (χ1v) is 9.44. The van der Waals surface area contributed by atoms with Crippen LogP contribution >= 0.6 is 0 Å². The minimum absolute atomic E-state index is 0.283. The van der Waals surface area contributed by atoms with Crippen LogP contribution in [0.2, 0.25) is 0 Å². The Morgan fingerprint density at radius 2 is 1.68 bits per heavy atom. The van der Waals surface area contributed by atoms with Gasteiger partial charge in [-0.05, 0) is 30.9 Å². The van der Waals surface area contributed by atoms with Gasteiger partial charge >= 0.3 is 6.03 Å². The molecule has 0 saturated carbocycles. The summed E-state index contributed by atoms with van der Waals surface area (Å²) in [5, 5.41) is 8.06. The van der Waals surface area contributed by atoms with Crippen LogP contribution in [0.15, 0.2) is 72.8 Å². The third-order valence-electron chi connectivity index (χ3n) is 4.87. The summed E-state index contributed by atoms with van der Waals surface area (Å²) < 4.78 is 11.9. The zero-order valence-electron chi connectivity index (χ0n) is 16.0. The van der Waals surface area contributed by atoms with Gasteiger partial charge in [0.25, 0.3) is 0 Å². The second-order valence-electron chi connectivity index (χ2n) is 7.39. The normalized spacial score (nSPS) is 21.2. The summed E-state index contributed by atoms with van der Waals surface area (Å²) in [6.07, 6.45) is -0.289. The van der Waals surface area contributed by atoms with E-state index >= 15 is 0 Å². The van der Waals surface area contributed by atoms with Crippen molar-refractivity contribution in [2.45, 2.75) is 31.8 Å². The Morgan fingerprint density at radius 1 is 0.964 bits per heavy atom. The van der Waals surface area contributed by atoms with Crippen LogP contribution in [-0.4, -0.2) is 24.5 Å². The van der Waals surface area contributed by atoms with Gasteiger partial charge in [0, 0.05) is 5.39 Å². The Bertz CT molecular complexity index is 967. The highest BCUT2D eigenvalue weighted by molar-refractivity contribution is 6.01. The molecule has 1 aliphatic rings. The van der Waals surface area contributed by atoms with E-state index in [4.69, 9.17) is 9.47 Å². The number of nitrogens with one attached hydrogen (secondary N) is 2. The van der Waals surface area contributed by atoms with E-state index in [2.05, 4.69) is 10.6 Å². The van der Waals surface area contributed by atoms with Crippen LogP contribution in [0, 0.1) is 0 Å². The number of benzene rings is 3. The van der Waals surface area contributed by atoms with Crippen molar-refractivity contribution in [3.63, 3.8) is 0 Å². The second kappa shape index (κ2) is 7.62. The molecular weight excluding hydrogens is 352 g/mol. The van der Waals surface area contributed by atoms with E-state index in [1.54, 1.807) is 0 Å². The summed E-state index contributed by atoms with van der Waals surface area (Å²) in [7, 11) is 0. The lowest BCUT2D eigenvalue weighted by Crippen LogP contribution is -2.52. The second-order valence-corrected chi connectivity index (χ2v) is 7.39. The number of urea groups is 1. The highest BCUT2D eigenvalue weighted by Gasteiger charge is 2.38. The summed E-state index contributed by atoms with van der Waals surface area (Å²) in [4.78, 5) is 12.7. The van der Waals surface area contributed by atoms with Crippen molar-refractivity contribution in [3.8, 4) is 0 Å². The number of rotatable bonds is 3. The van der Waals surface area contributed by atoms with E-state index < -0.39 is 5.79 Å². The molecule has 1 heterocycles. The fourth-order valence-electron chi connectivity index (χ4n) is 3.52. The van der Waals surface area contributed by atoms with Gasteiger partial charge in [0.05, 0.1) is 18.3 Å². The molecule has 144 valence electrons. The van der Waals surface area contributed by atoms with Gasteiger partial charge in [-0.1, -0.05) is 66.7 Å². The molecule has 0 bridgehead atoms. The van der Waals surface area contributed by atoms with Gasteiger partial charge < -0.3 is 20.1 Å². The summed E-state index contributed by atoms with van der Waals surface area (Å²) in [5.74, 6) is -0.704. The van der Waals surface area contributed by atoms with E-state index in [9.17, 15) is 4.79 Å². The van der Waals surface area contributed by atoms with Crippen LogP contribution in [0.25, 0.3) is 10.8 Å². The molecule has 2 amide bonds. The Balaban J connectivity index is 1.52. The topological polar surface area (TPSA) is 59.6 Å². The number of anilines is 1. The van der Waals surface area contributed by atoms with Gasteiger partial charge in [0.2, 0.25) is 0 Å². The van der Waals surface area contributed by atoms with Crippen molar-refractivity contribution < 1.29 is 14.3 Å². The van der Waals surface area contributed by atoms with E-state index in [1.165, 1.54) is 0 Å². The standard InChI is InChI=1S/C23H24N2O3/c1-23(2)27-15-20(21(28-23)17-10-4-3-5-11-17)25-22(26)24-19-14-8-12-16-9-6-7-13-18(16)19/h3-14,20-21H,15H2,1-2H3,(H2,24,25,26)/t20-,21+/m1/s1. The van der Waals surface area contributed by atoms with E-state index in [1.807, 2.05) is 86.6 Å². The van der Waals surface area contributed by atoms with Crippen molar-refractivity contribution in [2.24, 2.45) is 0 Å². The van der Waals surface area contributed by atoms with E-state index in [0.717, 1.165) is 22.0 Å². The summed E-state index contributed by atoms with van der Waals surface area (Å²) in [5.41, 5.74) is 1.78. The molecule has 0 aliphatic carbocycles. The smallest absolute Gasteiger partial charge is 0.319 e. The summed E-state index contributed by atoms with van der Waals surface area (Å²) in [6, 6.07) is 23.1. The molecule has 4 rings (SSSR count). The summed E-state index contributed by atoms with van der Waals surface area (Å²) >= 11 is 0. The Morgan fingerprint density at radius 3 is 2.50 bits per heavy atom. The first kappa shape index (κ1) is 18.5. The SMILES string of the molecule is CC1(C)OC[C@@H](NC(=O)Nc2cccc3ccccc23)[C@H](c2ccccc2)O1. The van der Waals surface area contributed by atoms with Crippen LogP contribution in [0.5, 0.6) is 0 Å². The molecule has 3 aromatic rings. The molecule has 5 nitrogen and oxygen atoms in total. The average Bonchev–Trinajstić information content (AvgIpc) is 2.70. The number of carbonyl (C=O) groups excluding carboxylic acids is 1. The molecule has 3 aromatic carbocycles. The number of amides is 2. The Labute approximate surface area is 164 Å². The molecule has 1 fully saturated rings. The number of hydrogen-bond acceptors (Lipinski definition) is 3. The van der Waals surface area contributed by atoms with Crippen molar-refractivity contribution in [3.05, 3.63) is 78.4 Å². The molecule has 1 aliphatic heterocycles. The molecular formula is C23H24N2O3. The number of hydrogen-bond donors (Lipinski definition) is 2. The average molecular weight is 376 g/mol. The van der Waals surface area contributed by atoms with Gasteiger partial charge in [-0.2, -0.15) is 0 Å². The van der Waals surface area contributed by atoms with E-state index in [-0.39, 0.29) is 18.2 Å². The molecule has 0 radical (unpaired) electrons. The number of fused-ring (bicyclic) bond motifs is 1. The Kier molecular flexibility index (Phi) is 5.03. The van der Waals surface area contributed by atoms with Gasteiger partial charge in [-0.3, -0.25) is 0 Å². The molecule has 0 spiro atoms. The fourth-order valence-corrected chi connectivity index (χ4v) is 3.52. The van der Waals surface area contributed by atoms with Crippen LogP contribution in [0.3, 0.4) is 0 Å². The van der Waals surface area contributed by atoms with Crippen molar-refractivity contribution >= 4 is 22.5 Å². The van der Waals surface area contributed by atoms with Gasteiger partial charge in [-0.25, -0.2) is 4.79 Å². The maximum atomic E-state index is 12.7. The molecule has 5 heteroatoms. The highest BCUT2D eigenvalue weighted by Crippen LogP contribution is 2.33. The fraction of sp³-hybridized carbons (Fsp3) is 0.261. The van der Waals surface area contributed by atoms with Crippen molar-refractivity contribution in [1.82, 2.24) is 5.32 Å². The molecule has 0 unspecified atom stereocenters. The first-order chi connectivity index (χ1) is 13.5. The van der Waals surface area contributed by atoms with Crippen LogP contribution < -0.4 is 10.6 Å². The molecule has 0 aromatic heterocycles. The monoisotopic (exact) mass is 376 g/mol. The molecule has 2 N–H and O–H groups in total. The summed E-state index contributed by atoms with van der Waals surface area (Å²) in [6.45, 7) is 4.14. The van der Waals surface area contributed by atoms with Crippen LogP contribution in [-0.2, 0) is 9.47 Å². The lowest BCUT2D eigenvalue weighted by molar-refractivity contribution is -0.284. The predicted molar refractivity (Wildman–Crippen MR) is 110 cm³/mol. The minimum atomic E-state index is -0.704. The maximum Gasteiger partial charge on any atom is 0.319 e. The van der Waals surface area contributed by atoms with Crippen molar-refractivity contribution in [1.29, 1.82) is 0 Å². The lowest BCUT2D eigenvalue weighted by atomic mass is 10.0. The largest absolute Gasteiger partial charge is 0.348 e. The molecule has 28 heavy (non-hydrogen) atoms. The maximum absolute atomic E-state index is 12.7. The lowest BCUT2D eigenvalue weighted by Gasteiger charge is -2.41. The Hall–Kier alpha value is -2.89. The third kappa shape index (κ3) is 4.01. The minimum Gasteiger partial charge on any atom is -0.348 e. The zero-order valence-corrected chi connectivity index (χ0v) is 16.0. The molecule has 2 atom stereocenters. The van der Waals surface area contributed by atoms with Crippen LogP contribution in [0.1, 0.15) is 25.5 Å².